The van der Waals surface area contributed by atoms with E-state index >= 15 is 0 Å². The molecule has 0 radical (unpaired) electrons. The molecule has 0 aliphatic heterocycles. The summed E-state index contributed by atoms with van der Waals surface area (Å²) in [6, 6.07) is 15.9. The second-order valence-electron chi connectivity index (χ2n) is 8.21. The molecule has 1 aromatic heterocycles. The van der Waals surface area contributed by atoms with Crippen molar-refractivity contribution in [1.82, 2.24) is 4.98 Å². The van der Waals surface area contributed by atoms with E-state index in [0.717, 1.165) is 32.7 Å². The smallest absolute Gasteiger partial charge is 0.229 e. The Morgan fingerprint density at radius 2 is 2.00 bits per heavy atom. The van der Waals surface area contributed by atoms with Gasteiger partial charge in [0.2, 0.25) is 5.91 Å². The van der Waals surface area contributed by atoms with Crippen LogP contribution in [0.5, 0.6) is 0 Å². The van der Waals surface area contributed by atoms with E-state index in [1.807, 2.05) is 41.3 Å². The van der Waals surface area contributed by atoms with Crippen LogP contribution in [0.15, 0.2) is 48.5 Å². The third-order valence-corrected chi connectivity index (χ3v) is 7.65. The van der Waals surface area contributed by atoms with E-state index in [0.29, 0.717) is 23.9 Å². The first-order valence-electron chi connectivity index (χ1n) is 10.1. The molecule has 3 nitrogen and oxygen atoms in total. The first kappa shape index (κ1) is 18.1. The molecule has 0 spiro atoms. The fourth-order valence-corrected chi connectivity index (χ4v) is 6.25. The molecule has 144 valence electrons. The average Bonchev–Trinajstić information content (AvgIpc) is 3.41. The lowest BCUT2D eigenvalue weighted by molar-refractivity contribution is -0.120. The molecule has 2 fully saturated rings. The molecule has 0 unspecified atom stereocenters. The summed E-state index contributed by atoms with van der Waals surface area (Å²) in [5.74, 6) is 2.36. The summed E-state index contributed by atoms with van der Waals surface area (Å²) >= 11 is 7.70. The normalized spacial score (nSPS) is 23.4. The number of amides is 1. The summed E-state index contributed by atoms with van der Waals surface area (Å²) in [5.41, 5.74) is 2.02. The van der Waals surface area contributed by atoms with Crippen LogP contribution in [0.3, 0.4) is 0 Å². The van der Waals surface area contributed by atoms with Crippen molar-refractivity contribution in [2.24, 2.45) is 17.8 Å². The van der Waals surface area contributed by atoms with Crippen LogP contribution < -0.4 is 4.90 Å². The van der Waals surface area contributed by atoms with Crippen molar-refractivity contribution in [2.45, 2.75) is 38.6 Å². The maximum Gasteiger partial charge on any atom is 0.229 e. The lowest BCUT2D eigenvalue weighted by atomic mass is 9.86. The molecule has 28 heavy (non-hydrogen) atoms. The Morgan fingerprint density at radius 3 is 2.75 bits per heavy atom. The average molecular weight is 411 g/mol. The van der Waals surface area contributed by atoms with Crippen molar-refractivity contribution in [3.63, 3.8) is 0 Å². The number of rotatable bonds is 5. The summed E-state index contributed by atoms with van der Waals surface area (Å²) in [6.45, 7) is 0.564. The number of carbonyl (C=O) groups excluding carboxylic acids is 1. The summed E-state index contributed by atoms with van der Waals surface area (Å²) in [4.78, 5) is 20.0. The van der Waals surface area contributed by atoms with Crippen molar-refractivity contribution in [2.75, 3.05) is 4.90 Å². The first-order valence-corrected chi connectivity index (χ1v) is 11.3. The molecule has 3 atom stereocenters. The highest BCUT2D eigenvalue weighted by atomic mass is 35.5. The standard InChI is InChI=1S/C23H23ClN2OS/c24-19-8-9-20-21(13-19)28-23(25-20)26(14-15-4-2-1-3-5-15)22(27)12-18-11-16-6-7-17(18)10-16/h1-5,8-9,13,16-18H,6-7,10-12,14H2/t16-,17+,18-/m0/s1. The quantitative estimate of drug-likeness (QED) is 0.493. The van der Waals surface area contributed by atoms with Crippen LogP contribution in [-0.4, -0.2) is 10.9 Å². The van der Waals surface area contributed by atoms with Crippen LogP contribution in [0, 0.1) is 17.8 Å². The molecule has 2 aromatic carbocycles. The predicted molar refractivity (Wildman–Crippen MR) is 116 cm³/mol. The van der Waals surface area contributed by atoms with Gasteiger partial charge in [-0.1, -0.05) is 59.7 Å². The van der Waals surface area contributed by atoms with Crippen molar-refractivity contribution in [1.29, 1.82) is 0 Å². The second kappa shape index (κ2) is 7.49. The Hall–Kier alpha value is -1.91. The predicted octanol–water partition coefficient (Wildman–Crippen LogP) is 6.31. The fourth-order valence-electron chi connectivity index (χ4n) is 4.99. The van der Waals surface area contributed by atoms with Gasteiger partial charge in [0, 0.05) is 11.4 Å². The van der Waals surface area contributed by atoms with E-state index < -0.39 is 0 Å². The molecule has 2 aliphatic rings. The molecular weight excluding hydrogens is 388 g/mol. The zero-order chi connectivity index (χ0) is 19.1. The third-order valence-electron chi connectivity index (χ3n) is 6.38. The van der Waals surface area contributed by atoms with E-state index in [9.17, 15) is 4.79 Å². The number of benzene rings is 2. The Morgan fingerprint density at radius 1 is 1.14 bits per heavy atom. The number of hydrogen-bond acceptors (Lipinski definition) is 3. The maximum absolute atomic E-state index is 13.4. The van der Waals surface area contributed by atoms with Gasteiger partial charge in [0.05, 0.1) is 16.8 Å². The van der Waals surface area contributed by atoms with Gasteiger partial charge in [0.25, 0.3) is 0 Å². The van der Waals surface area contributed by atoms with E-state index in [-0.39, 0.29) is 5.91 Å². The van der Waals surface area contributed by atoms with Crippen molar-refractivity contribution in [3.8, 4) is 0 Å². The summed E-state index contributed by atoms with van der Waals surface area (Å²) in [7, 11) is 0. The van der Waals surface area contributed by atoms with Gasteiger partial charge in [-0.15, -0.1) is 0 Å². The minimum atomic E-state index is 0.201. The van der Waals surface area contributed by atoms with E-state index in [4.69, 9.17) is 16.6 Å². The Balaban J connectivity index is 1.44. The second-order valence-corrected chi connectivity index (χ2v) is 9.66. The van der Waals surface area contributed by atoms with Crippen LogP contribution in [-0.2, 0) is 11.3 Å². The van der Waals surface area contributed by atoms with Crippen LogP contribution in [0.2, 0.25) is 5.02 Å². The molecule has 2 aliphatic carbocycles. The van der Waals surface area contributed by atoms with Gasteiger partial charge in [-0.3, -0.25) is 9.69 Å². The van der Waals surface area contributed by atoms with E-state index in [1.54, 1.807) is 11.3 Å². The number of thiazole rings is 1. The Kier molecular flexibility index (Phi) is 4.85. The molecular formula is C23H23ClN2OS. The zero-order valence-corrected chi connectivity index (χ0v) is 17.3. The lowest BCUT2D eigenvalue weighted by Crippen LogP contribution is -2.32. The molecule has 1 heterocycles. The molecule has 1 amide bonds. The fraction of sp³-hybridized carbons (Fsp3) is 0.391. The van der Waals surface area contributed by atoms with Crippen molar-refractivity contribution >= 4 is 44.2 Å². The molecule has 2 saturated carbocycles. The lowest BCUT2D eigenvalue weighted by Gasteiger charge is -2.25. The van der Waals surface area contributed by atoms with Gasteiger partial charge in [0.1, 0.15) is 0 Å². The van der Waals surface area contributed by atoms with Gasteiger partial charge in [-0.2, -0.15) is 0 Å². The minimum absolute atomic E-state index is 0.201. The van der Waals surface area contributed by atoms with Crippen LogP contribution in [0.25, 0.3) is 10.2 Å². The molecule has 0 saturated heterocycles. The van der Waals surface area contributed by atoms with Crippen LogP contribution >= 0.6 is 22.9 Å². The monoisotopic (exact) mass is 410 g/mol. The minimum Gasteiger partial charge on any atom is -0.284 e. The van der Waals surface area contributed by atoms with Gasteiger partial charge in [-0.05, 0) is 60.8 Å². The van der Waals surface area contributed by atoms with Gasteiger partial charge < -0.3 is 0 Å². The number of aromatic nitrogens is 1. The summed E-state index contributed by atoms with van der Waals surface area (Å²) in [5, 5.41) is 1.47. The number of carbonyl (C=O) groups is 1. The van der Waals surface area contributed by atoms with Crippen molar-refractivity contribution in [3.05, 3.63) is 59.1 Å². The van der Waals surface area contributed by atoms with Gasteiger partial charge in [-0.25, -0.2) is 4.98 Å². The molecule has 5 heteroatoms. The van der Waals surface area contributed by atoms with Crippen LogP contribution in [0.1, 0.15) is 37.7 Å². The number of hydrogen-bond donors (Lipinski definition) is 0. The number of nitrogens with zero attached hydrogens (tertiary/aromatic N) is 2. The third kappa shape index (κ3) is 3.56. The molecule has 0 N–H and O–H groups in total. The largest absolute Gasteiger partial charge is 0.284 e. The highest BCUT2D eigenvalue weighted by molar-refractivity contribution is 7.22. The number of anilines is 1. The van der Waals surface area contributed by atoms with Gasteiger partial charge >= 0.3 is 0 Å². The number of halogens is 1. The van der Waals surface area contributed by atoms with E-state index in [1.165, 1.54) is 25.7 Å². The van der Waals surface area contributed by atoms with E-state index in [2.05, 4.69) is 12.1 Å². The Bertz CT molecular complexity index is 1000. The summed E-state index contributed by atoms with van der Waals surface area (Å²) in [6.07, 6.45) is 5.87. The first-order chi connectivity index (χ1) is 13.7. The SMILES string of the molecule is O=C(C[C@@H]1C[C@H]2CC[C@@H]1C2)N(Cc1ccccc1)c1nc2ccc(Cl)cc2s1. The topological polar surface area (TPSA) is 33.2 Å². The number of fused-ring (bicyclic) bond motifs is 3. The highest BCUT2D eigenvalue weighted by Gasteiger charge is 2.41. The maximum atomic E-state index is 13.4. The van der Waals surface area contributed by atoms with Gasteiger partial charge in [0.15, 0.2) is 5.13 Å². The Labute approximate surface area is 174 Å². The zero-order valence-electron chi connectivity index (χ0n) is 15.7. The summed E-state index contributed by atoms with van der Waals surface area (Å²) < 4.78 is 1.02. The molecule has 2 bridgehead atoms. The van der Waals surface area contributed by atoms with Crippen molar-refractivity contribution < 1.29 is 4.79 Å². The van der Waals surface area contributed by atoms with Crippen LogP contribution in [0.4, 0.5) is 5.13 Å². The molecule has 3 aromatic rings. The highest BCUT2D eigenvalue weighted by Crippen LogP contribution is 2.49. The molecule has 5 rings (SSSR count).